The lowest BCUT2D eigenvalue weighted by molar-refractivity contribution is -0.144. The van der Waals surface area contributed by atoms with Gasteiger partial charge >= 0.3 is 5.97 Å². The second-order valence-electron chi connectivity index (χ2n) is 12.3. The van der Waals surface area contributed by atoms with E-state index in [0.29, 0.717) is 6.61 Å². The van der Waals surface area contributed by atoms with Gasteiger partial charge in [-0.2, -0.15) is 0 Å². The summed E-state index contributed by atoms with van der Waals surface area (Å²) in [5.74, 6) is 0.257. The van der Waals surface area contributed by atoms with Gasteiger partial charge in [-0.1, -0.05) is 38.1 Å². The Bertz CT molecular complexity index is 1170. The van der Waals surface area contributed by atoms with Crippen LogP contribution in [0, 0.1) is 5.41 Å². The van der Waals surface area contributed by atoms with Crippen LogP contribution in [-0.2, 0) is 33.5 Å². The van der Waals surface area contributed by atoms with Crippen molar-refractivity contribution in [3.05, 3.63) is 58.3 Å². The molecule has 0 saturated heterocycles. The lowest BCUT2D eigenvalue weighted by Gasteiger charge is -2.35. The molecule has 2 aliphatic heterocycles. The Balaban J connectivity index is 1.17. The first-order valence-electron chi connectivity index (χ1n) is 14.8. The topological polar surface area (TPSA) is 83.9 Å². The van der Waals surface area contributed by atoms with Crippen LogP contribution < -0.4 is 5.32 Å². The maximum atomic E-state index is 12.7. The summed E-state index contributed by atoms with van der Waals surface area (Å²) in [6.07, 6.45) is 7.88. The molecule has 39 heavy (non-hydrogen) atoms. The van der Waals surface area contributed by atoms with Gasteiger partial charge in [0.25, 0.3) is 0 Å². The van der Waals surface area contributed by atoms with E-state index in [0.717, 1.165) is 80.7 Å². The molecule has 7 nitrogen and oxygen atoms in total. The maximum Gasteiger partial charge on any atom is 0.325 e. The van der Waals surface area contributed by atoms with Crippen LogP contribution in [0.25, 0.3) is 0 Å². The largest absolute Gasteiger partial charge is 0.480 e. The third-order valence-corrected chi connectivity index (χ3v) is 9.11. The van der Waals surface area contributed by atoms with Gasteiger partial charge in [-0.05, 0) is 99.1 Å². The second kappa shape index (κ2) is 11.9. The number of rotatable bonds is 10. The van der Waals surface area contributed by atoms with Crippen molar-refractivity contribution < 1.29 is 19.4 Å². The molecule has 1 aliphatic carbocycles. The fourth-order valence-corrected chi connectivity index (χ4v) is 6.89. The predicted octanol–water partition coefficient (Wildman–Crippen LogP) is 5.73. The highest BCUT2D eigenvalue weighted by Gasteiger charge is 2.45. The molecule has 2 unspecified atom stereocenters. The first-order chi connectivity index (χ1) is 18.7. The zero-order valence-corrected chi connectivity index (χ0v) is 24.0. The van der Waals surface area contributed by atoms with E-state index in [1.165, 1.54) is 17.5 Å². The van der Waals surface area contributed by atoms with Crippen molar-refractivity contribution in [2.75, 3.05) is 32.1 Å². The van der Waals surface area contributed by atoms with E-state index in [9.17, 15) is 9.90 Å². The van der Waals surface area contributed by atoms with E-state index in [1.54, 1.807) is 0 Å². The number of carboxylic acids is 1. The molecule has 1 fully saturated rings. The lowest BCUT2D eigenvalue weighted by atomic mass is 9.87. The van der Waals surface area contributed by atoms with Gasteiger partial charge < -0.3 is 19.9 Å². The average molecular weight is 536 g/mol. The molecule has 3 aliphatic rings. The molecule has 0 bridgehead atoms. The van der Waals surface area contributed by atoms with E-state index >= 15 is 0 Å². The lowest BCUT2D eigenvalue weighted by Crippen LogP contribution is -2.39. The number of hydrogen-bond donors (Lipinski definition) is 2. The zero-order chi connectivity index (χ0) is 27.6. The molecule has 1 saturated carbocycles. The number of aryl methyl sites for hydroxylation is 2. The summed E-state index contributed by atoms with van der Waals surface area (Å²) in [7, 11) is 1.97. The zero-order valence-electron chi connectivity index (χ0n) is 24.0. The van der Waals surface area contributed by atoms with E-state index in [4.69, 9.17) is 14.5 Å². The maximum absolute atomic E-state index is 12.7. The van der Waals surface area contributed by atoms with Gasteiger partial charge in [0.05, 0.1) is 18.8 Å². The number of aromatic nitrogens is 1. The molecule has 5 rings (SSSR count). The van der Waals surface area contributed by atoms with Crippen LogP contribution in [-0.4, -0.2) is 59.9 Å². The number of carbonyl (C=O) groups is 1. The molecule has 0 radical (unpaired) electrons. The van der Waals surface area contributed by atoms with Crippen LogP contribution in [0.5, 0.6) is 0 Å². The van der Waals surface area contributed by atoms with Crippen LogP contribution in [0.1, 0.15) is 93.0 Å². The first kappa shape index (κ1) is 28.1. The number of carboxylic acid groups (broad SMARTS) is 1. The minimum atomic E-state index is -0.808. The monoisotopic (exact) mass is 535 g/mol. The van der Waals surface area contributed by atoms with E-state index in [2.05, 4.69) is 42.3 Å². The Labute approximate surface area is 233 Å². The molecule has 1 aromatic carbocycles. The summed E-state index contributed by atoms with van der Waals surface area (Å²) in [5.41, 5.74) is 5.59. The van der Waals surface area contributed by atoms with E-state index in [1.807, 2.05) is 26.1 Å². The Morgan fingerprint density at radius 3 is 2.90 bits per heavy atom. The molecule has 3 heterocycles. The van der Waals surface area contributed by atoms with Crippen molar-refractivity contribution in [2.45, 2.75) is 96.4 Å². The van der Waals surface area contributed by atoms with E-state index in [-0.39, 0.29) is 23.7 Å². The standard InChI is InChI=1S/C32H45N3O4/c1-21-28-22(15-18-38-21)9-7-12-26(28)29(31(36)37)35(4)25-19-27(32(2,3)20-25)39-17-6-5-11-24-14-13-23-10-8-16-33-30(23)34-24/h7,9,12-14,21,25,27,29H,5-6,8,10-11,15-20H2,1-4H3,(H,33,34)(H,36,37)/t21-,25?,27?,29+/m0/s1. The summed E-state index contributed by atoms with van der Waals surface area (Å²) in [6, 6.07) is 9.90. The number of pyridine rings is 1. The summed E-state index contributed by atoms with van der Waals surface area (Å²) in [5, 5.41) is 13.8. The Kier molecular flexibility index (Phi) is 8.60. The van der Waals surface area contributed by atoms with Crippen LogP contribution in [0.3, 0.4) is 0 Å². The van der Waals surface area contributed by atoms with Gasteiger partial charge in [0.2, 0.25) is 0 Å². The smallest absolute Gasteiger partial charge is 0.325 e. The molecule has 2 aromatic rings. The summed E-state index contributed by atoms with van der Waals surface area (Å²) in [4.78, 5) is 19.5. The van der Waals surface area contributed by atoms with Crippen molar-refractivity contribution in [3.8, 4) is 0 Å². The van der Waals surface area contributed by atoms with Crippen LogP contribution in [0.15, 0.2) is 30.3 Å². The number of aliphatic carboxylic acids is 1. The molecule has 212 valence electrons. The molecule has 2 N–H and O–H groups in total. The van der Waals surface area contributed by atoms with Gasteiger partial charge in [0.15, 0.2) is 0 Å². The molecule has 7 heteroatoms. The van der Waals surface area contributed by atoms with Crippen molar-refractivity contribution in [3.63, 3.8) is 0 Å². The number of anilines is 1. The van der Waals surface area contributed by atoms with Gasteiger partial charge in [0, 0.05) is 24.9 Å². The van der Waals surface area contributed by atoms with E-state index < -0.39 is 12.0 Å². The van der Waals surface area contributed by atoms with Gasteiger partial charge in [-0.15, -0.1) is 0 Å². The minimum absolute atomic E-state index is 0.0137. The third-order valence-electron chi connectivity index (χ3n) is 9.11. The molecular formula is C32H45N3O4. The number of fused-ring (bicyclic) bond motifs is 2. The Hall–Kier alpha value is -2.48. The number of benzene rings is 1. The molecule has 0 spiro atoms. The summed E-state index contributed by atoms with van der Waals surface area (Å²) >= 11 is 0. The van der Waals surface area contributed by atoms with Gasteiger partial charge in [0.1, 0.15) is 11.9 Å². The number of nitrogens with zero attached hydrogens (tertiary/aromatic N) is 2. The van der Waals surface area contributed by atoms with Crippen LogP contribution in [0.2, 0.25) is 0 Å². The molecule has 4 atom stereocenters. The quantitative estimate of drug-likeness (QED) is 0.376. The molecule has 0 amide bonds. The van der Waals surface area contributed by atoms with Crippen molar-refractivity contribution in [1.82, 2.24) is 9.88 Å². The minimum Gasteiger partial charge on any atom is -0.480 e. The van der Waals surface area contributed by atoms with Crippen molar-refractivity contribution >= 4 is 11.8 Å². The Morgan fingerprint density at radius 1 is 1.23 bits per heavy atom. The van der Waals surface area contributed by atoms with Crippen LogP contribution >= 0.6 is 0 Å². The normalized spacial score (nSPS) is 24.6. The van der Waals surface area contributed by atoms with Gasteiger partial charge in [-0.25, -0.2) is 4.98 Å². The van der Waals surface area contributed by atoms with Crippen molar-refractivity contribution in [1.29, 1.82) is 0 Å². The number of hydrogen-bond acceptors (Lipinski definition) is 6. The molecule has 1 aromatic heterocycles. The second-order valence-corrected chi connectivity index (χ2v) is 12.3. The Morgan fingerprint density at radius 2 is 2.08 bits per heavy atom. The highest BCUT2D eigenvalue weighted by atomic mass is 16.5. The number of nitrogens with one attached hydrogen (secondary N) is 1. The van der Waals surface area contributed by atoms with Gasteiger partial charge in [-0.3, -0.25) is 9.69 Å². The van der Waals surface area contributed by atoms with Crippen LogP contribution in [0.4, 0.5) is 5.82 Å². The number of unbranched alkanes of at least 4 members (excludes halogenated alkanes) is 1. The highest BCUT2D eigenvalue weighted by molar-refractivity contribution is 5.76. The SMILES string of the molecule is C[C@@H]1OCCc2cccc([C@H](C(=O)O)N(C)C3CC(OCCCCc4ccc5c(n4)NCCC5)C(C)(C)C3)c21. The fraction of sp³-hybridized carbons (Fsp3) is 0.625. The predicted molar refractivity (Wildman–Crippen MR) is 153 cm³/mol. The first-order valence-corrected chi connectivity index (χ1v) is 14.8. The third kappa shape index (κ3) is 6.16. The number of likely N-dealkylation sites (N-methyl/N-ethyl adjacent to an activating group) is 1. The summed E-state index contributed by atoms with van der Waals surface area (Å²) in [6.45, 7) is 8.96. The van der Waals surface area contributed by atoms with Crippen molar-refractivity contribution in [2.24, 2.45) is 5.41 Å². The number of ether oxygens (including phenoxy) is 2. The highest BCUT2D eigenvalue weighted by Crippen LogP contribution is 2.44. The summed E-state index contributed by atoms with van der Waals surface area (Å²) < 4.78 is 12.4. The average Bonchev–Trinajstić information content (AvgIpc) is 3.22. The molecular weight excluding hydrogens is 490 g/mol. The fourth-order valence-electron chi connectivity index (χ4n) is 6.89.